The van der Waals surface area contributed by atoms with E-state index in [9.17, 15) is 14.4 Å². The molecule has 0 aromatic carbocycles. The van der Waals surface area contributed by atoms with Crippen molar-refractivity contribution >= 4 is 17.8 Å². The van der Waals surface area contributed by atoms with Gasteiger partial charge in [-0.2, -0.15) is 0 Å². The molecular formula is C12H19NO5. The third kappa shape index (κ3) is 4.35. The van der Waals surface area contributed by atoms with Crippen molar-refractivity contribution in [1.82, 2.24) is 5.32 Å². The van der Waals surface area contributed by atoms with Gasteiger partial charge in [0, 0.05) is 12.3 Å². The first kappa shape index (κ1) is 14.5. The number of carbonyl (C=O) groups is 3. The highest BCUT2D eigenvalue weighted by atomic mass is 16.5. The number of hydrogen-bond donors (Lipinski definition) is 2. The molecule has 1 atom stereocenters. The molecule has 0 aliphatic heterocycles. The van der Waals surface area contributed by atoms with Gasteiger partial charge in [0.15, 0.2) is 0 Å². The van der Waals surface area contributed by atoms with Crippen LogP contribution >= 0.6 is 0 Å². The van der Waals surface area contributed by atoms with E-state index in [-0.39, 0.29) is 24.7 Å². The minimum atomic E-state index is -1.12. The number of carboxylic acid groups (broad SMARTS) is 1. The van der Waals surface area contributed by atoms with Crippen molar-refractivity contribution in [1.29, 1.82) is 0 Å². The van der Waals surface area contributed by atoms with E-state index >= 15 is 0 Å². The molecule has 18 heavy (non-hydrogen) atoms. The van der Waals surface area contributed by atoms with E-state index < -0.39 is 18.0 Å². The predicted molar refractivity (Wildman–Crippen MR) is 62.8 cm³/mol. The van der Waals surface area contributed by atoms with Gasteiger partial charge in [-0.15, -0.1) is 0 Å². The van der Waals surface area contributed by atoms with Gasteiger partial charge in [0.2, 0.25) is 5.91 Å². The van der Waals surface area contributed by atoms with Gasteiger partial charge in [-0.25, -0.2) is 4.79 Å². The van der Waals surface area contributed by atoms with Crippen LogP contribution in [0.3, 0.4) is 0 Å². The standard InChI is InChI=1S/C12H19NO5/c1-18-10(14)7-6-9(12(16)17)13-11(15)8-4-2-3-5-8/h8-9H,2-7H2,1H3,(H,13,15)(H,16,17)/t9-/m1/s1. The summed E-state index contributed by atoms with van der Waals surface area (Å²) >= 11 is 0. The topological polar surface area (TPSA) is 92.7 Å². The summed E-state index contributed by atoms with van der Waals surface area (Å²) in [7, 11) is 1.25. The second-order valence-corrected chi connectivity index (χ2v) is 4.50. The monoisotopic (exact) mass is 257 g/mol. The van der Waals surface area contributed by atoms with Gasteiger partial charge in [-0.05, 0) is 19.3 Å². The Morgan fingerprint density at radius 3 is 2.44 bits per heavy atom. The average molecular weight is 257 g/mol. The molecule has 1 aliphatic carbocycles. The van der Waals surface area contributed by atoms with Crippen molar-refractivity contribution in [2.24, 2.45) is 5.92 Å². The first-order chi connectivity index (χ1) is 8.54. The zero-order chi connectivity index (χ0) is 13.5. The van der Waals surface area contributed by atoms with E-state index in [0.29, 0.717) is 0 Å². The zero-order valence-corrected chi connectivity index (χ0v) is 10.5. The Morgan fingerprint density at radius 2 is 1.94 bits per heavy atom. The zero-order valence-electron chi connectivity index (χ0n) is 10.5. The third-order valence-corrected chi connectivity index (χ3v) is 3.21. The van der Waals surface area contributed by atoms with Gasteiger partial charge in [-0.3, -0.25) is 9.59 Å². The fourth-order valence-corrected chi connectivity index (χ4v) is 2.10. The maximum absolute atomic E-state index is 11.8. The Kier molecular flexibility index (Phi) is 5.61. The van der Waals surface area contributed by atoms with Crippen LogP contribution in [-0.2, 0) is 19.1 Å². The van der Waals surface area contributed by atoms with Crippen LogP contribution in [0.25, 0.3) is 0 Å². The van der Waals surface area contributed by atoms with Crippen molar-refractivity contribution in [3.8, 4) is 0 Å². The van der Waals surface area contributed by atoms with Gasteiger partial charge < -0.3 is 15.2 Å². The number of ether oxygens (including phenoxy) is 1. The molecule has 0 radical (unpaired) electrons. The van der Waals surface area contributed by atoms with Crippen molar-refractivity contribution in [3.63, 3.8) is 0 Å². The lowest BCUT2D eigenvalue weighted by atomic mass is 10.1. The van der Waals surface area contributed by atoms with E-state index in [2.05, 4.69) is 10.1 Å². The molecule has 1 aliphatic rings. The van der Waals surface area contributed by atoms with Crippen LogP contribution in [0.15, 0.2) is 0 Å². The Morgan fingerprint density at radius 1 is 1.33 bits per heavy atom. The minimum absolute atomic E-state index is 0.0155. The molecule has 1 fully saturated rings. The molecule has 1 rings (SSSR count). The molecule has 1 saturated carbocycles. The van der Waals surface area contributed by atoms with Crippen molar-refractivity contribution in [3.05, 3.63) is 0 Å². The lowest BCUT2D eigenvalue weighted by Gasteiger charge is -2.16. The van der Waals surface area contributed by atoms with Crippen LogP contribution in [0.2, 0.25) is 0 Å². The summed E-state index contributed by atoms with van der Waals surface area (Å²) in [6.45, 7) is 0. The summed E-state index contributed by atoms with van der Waals surface area (Å²) in [6.07, 6.45) is 3.69. The normalized spacial score (nSPS) is 17.2. The quantitative estimate of drug-likeness (QED) is 0.683. The van der Waals surface area contributed by atoms with Gasteiger partial charge in [0.05, 0.1) is 7.11 Å². The molecule has 0 aromatic heterocycles. The number of amides is 1. The lowest BCUT2D eigenvalue weighted by molar-refractivity contribution is -0.144. The predicted octanol–water partition coefficient (Wildman–Crippen LogP) is 0.699. The van der Waals surface area contributed by atoms with Gasteiger partial charge >= 0.3 is 11.9 Å². The Hall–Kier alpha value is -1.59. The fraction of sp³-hybridized carbons (Fsp3) is 0.750. The number of carbonyl (C=O) groups excluding carboxylic acids is 2. The number of rotatable bonds is 6. The molecule has 0 unspecified atom stereocenters. The Balaban J connectivity index is 2.44. The molecule has 1 amide bonds. The summed E-state index contributed by atoms with van der Waals surface area (Å²) in [4.78, 5) is 33.7. The van der Waals surface area contributed by atoms with Crippen molar-refractivity contribution < 1.29 is 24.2 Å². The summed E-state index contributed by atoms with van der Waals surface area (Å²) in [5, 5.41) is 11.5. The largest absolute Gasteiger partial charge is 0.480 e. The molecule has 0 aromatic rings. The fourth-order valence-electron chi connectivity index (χ4n) is 2.10. The van der Waals surface area contributed by atoms with Crippen LogP contribution in [0, 0.1) is 5.92 Å². The molecule has 0 heterocycles. The highest BCUT2D eigenvalue weighted by Crippen LogP contribution is 2.24. The molecule has 102 valence electrons. The maximum atomic E-state index is 11.8. The summed E-state index contributed by atoms with van der Waals surface area (Å²) in [5.74, 6) is -1.89. The van der Waals surface area contributed by atoms with E-state index in [0.717, 1.165) is 25.7 Å². The van der Waals surface area contributed by atoms with E-state index in [1.165, 1.54) is 7.11 Å². The smallest absolute Gasteiger partial charge is 0.326 e. The van der Waals surface area contributed by atoms with E-state index in [1.54, 1.807) is 0 Å². The highest BCUT2D eigenvalue weighted by molar-refractivity contribution is 5.85. The molecule has 0 bridgehead atoms. The number of carboxylic acids is 1. The van der Waals surface area contributed by atoms with Crippen LogP contribution < -0.4 is 5.32 Å². The third-order valence-electron chi connectivity index (χ3n) is 3.21. The van der Waals surface area contributed by atoms with Crippen LogP contribution in [0.1, 0.15) is 38.5 Å². The van der Waals surface area contributed by atoms with Crippen molar-refractivity contribution in [2.45, 2.75) is 44.6 Å². The summed E-state index contributed by atoms with van der Waals surface area (Å²) in [5.41, 5.74) is 0. The molecular weight excluding hydrogens is 238 g/mol. The number of aliphatic carboxylic acids is 1. The highest BCUT2D eigenvalue weighted by Gasteiger charge is 2.27. The second-order valence-electron chi connectivity index (χ2n) is 4.50. The van der Waals surface area contributed by atoms with Crippen molar-refractivity contribution in [2.75, 3.05) is 7.11 Å². The van der Waals surface area contributed by atoms with Gasteiger partial charge in [0.25, 0.3) is 0 Å². The van der Waals surface area contributed by atoms with Gasteiger partial charge in [0.1, 0.15) is 6.04 Å². The number of nitrogens with one attached hydrogen (secondary N) is 1. The minimum Gasteiger partial charge on any atom is -0.480 e. The summed E-state index contributed by atoms with van der Waals surface area (Å²) < 4.78 is 4.44. The second kappa shape index (κ2) is 6.98. The summed E-state index contributed by atoms with van der Waals surface area (Å²) in [6, 6.07) is -1.02. The molecule has 0 spiro atoms. The van der Waals surface area contributed by atoms with E-state index in [4.69, 9.17) is 5.11 Å². The molecule has 6 heteroatoms. The molecule has 2 N–H and O–H groups in total. The number of hydrogen-bond acceptors (Lipinski definition) is 4. The number of esters is 1. The Labute approximate surface area is 106 Å². The first-order valence-corrected chi connectivity index (χ1v) is 6.14. The lowest BCUT2D eigenvalue weighted by Crippen LogP contribution is -2.43. The maximum Gasteiger partial charge on any atom is 0.326 e. The SMILES string of the molecule is COC(=O)CC[C@@H](NC(=O)C1CCCC1)C(=O)O. The van der Waals surface area contributed by atoms with Gasteiger partial charge in [-0.1, -0.05) is 12.8 Å². The first-order valence-electron chi connectivity index (χ1n) is 6.14. The van der Waals surface area contributed by atoms with E-state index in [1.807, 2.05) is 0 Å². The number of methoxy groups -OCH3 is 1. The van der Waals surface area contributed by atoms with Crippen LogP contribution in [-0.4, -0.2) is 36.1 Å². The van der Waals surface area contributed by atoms with Crippen LogP contribution in [0.5, 0.6) is 0 Å². The molecule has 6 nitrogen and oxygen atoms in total. The molecule has 0 saturated heterocycles. The van der Waals surface area contributed by atoms with Crippen LogP contribution in [0.4, 0.5) is 0 Å². The Bertz CT molecular complexity index is 322. The average Bonchev–Trinajstić information content (AvgIpc) is 2.87.